The van der Waals surface area contributed by atoms with E-state index in [-0.39, 0.29) is 16.8 Å². The van der Waals surface area contributed by atoms with E-state index in [1.54, 1.807) is 24.3 Å². The number of likely N-dealkylation sites (tertiary alicyclic amines) is 1. The molecule has 0 N–H and O–H groups in total. The van der Waals surface area contributed by atoms with Gasteiger partial charge in [0.1, 0.15) is 5.75 Å². The maximum Gasteiger partial charge on any atom is 0.258 e. The first-order valence-electron chi connectivity index (χ1n) is 8.44. The number of hydrogen-bond donors (Lipinski definition) is 0. The Kier molecular flexibility index (Phi) is 5.82. The number of thioether (sulfide) groups is 1. The molecule has 138 valence electrons. The van der Waals surface area contributed by atoms with Crippen LogP contribution < -0.4 is 15.4 Å². The van der Waals surface area contributed by atoms with E-state index < -0.39 is 11.4 Å². The number of amides is 1. The van der Waals surface area contributed by atoms with Gasteiger partial charge in [0.25, 0.3) is 5.56 Å². The highest BCUT2D eigenvalue weighted by Crippen LogP contribution is 2.23. The molecular formula is C18H20N3O4S-. The summed E-state index contributed by atoms with van der Waals surface area (Å²) in [5.74, 6) is 0.111. The van der Waals surface area contributed by atoms with Crippen LogP contribution in [0.3, 0.4) is 0 Å². The van der Waals surface area contributed by atoms with Crippen molar-refractivity contribution in [3.63, 3.8) is 0 Å². The molecule has 1 aromatic carbocycles. The van der Waals surface area contributed by atoms with Gasteiger partial charge in [-0.05, 0) is 37.3 Å². The van der Waals surface area contributed by atoms with Crippen LogP contribution >= 0.6 is 11.8 Å². The van der Waals surface area contributed by atoms with Crippen LogP contribution in [-0.4, -0.2) is 46.3 Å². The molecule has 0 unspecified atom stereocenters. The number of hydrogen-bond acceptors (Lipinski definition) is 6. The van der Waals surface area contributed by atoms with Gasteiger partial charge in [-0.2, -0.15) is 0 Å². The number of rotatable bonds is 5. The van der Waals surface area contributed by atoms with Crippen molar-refractivity contribution < 1.29 is 14.6 Å². The Balaban J connectivity index is 1.86. The molecular weight excluding hydrogens is 354 g/mol. The molecule has 0 bridgehead atoms. The Bertz CT molecular complexity index is 847. The van der Waals surface area contributed by atoms with Crippen molar-refractivity contribution in [2.24, 2.45) is 0 Å². The molecule has 1 saturated heterocycles. The van der Waals surface area contributed by atoms with Gasteiger partial charge in [-0.25, -0.2) is 4.98 Å². The van der Waals surface area contributed by atoms with Gasteiger partial charge in [-0.1, -0.05) is 17.8 Å². The van der Waals surface area contributed by atoms with Gasteiger partial charge in [0, 0.05) is 25.2 Å². The van der Waals surface area contributed by atoms with Crippen LogP contribution in [0.15, 0.2) is 40.3 Å². The van der Waals surface area contributed by atoms with E-state index >= 15 is 0 Å². The lowest BCUT2D eigenvalue weighted by atomic mass is 10.1. The average Bonchev–Trinajstić information content (AvgIpc) is 2.66. The summed E-state index contributed by atoms with van der Waals surface area (Å²) in [6, 6.07) is 7.86. The summed E-state index contributed by atoms with van der Waals surface area (Å²) < 4.78 is 6.52. The summed E-state index contributed by atoms with van der Waals surface area (Å²) in [4.78, 5) is 30.5. The first kappa shape index (κ1) is 18.3. The normalized spacial score (nSPS) is 14.3. The van der Waals surface area contributed by atoms with E-state index in [2.05, 4.69) is 4.98 Å². The highest BCUT2D eigenvalue weighted by Gasteiger charge is 2.18. The molecule has 0 radical (unpaired) electrons. The lowest BCUT2D eigenvalue weighted by Gasteiger charge is -2.26. The molecule has 1 aliphatic heterocycles. The number of ether oxygens (including phenoxy) is 1. The quantitative estimate of drug-likeness (QED) is 0.581. The standard InChI is InChI=1S/C18H21N3O4S/c1-25-14-7-5-6-13(10-14)21-16(23)11-15(22)19-18(21)26-12-17(24)20-8-3-2-4-9-20/h5-7,10-11,22H,2-4,8-9,12H2,1H3/p-1. The van der Waals surface area contributed by atoms with Crippen molar-refractivity contribution in [1.82, 2.24) is 14.5 Å². The monoisotopic (exact) mass is 374 g/mol. The number of piperidine rings is 1. The fraction of sp³-hybridized carbons (Fsp3) is 0.389. The Morgan fingerprint density at radius 3 is 2.77 bits per heavy atom. The molecule has 1 aliphatic rings. The summed E-state index contributed by atoms with van der Waals surface area (Å²) in [6.07, 6.45) is 3.17. The Morgan fingerprint density at radius 1 is 1.27 bits per heavy atom. The van der Waals surface area contributed by atoms with E-state index in [9.17, 15) is 14.7 Å². The van der Waals surface area contributed by atoms with E-state index in [0.29, 0.717) is 11.4 Å². The fourth-order valence-corrected chi connectivity index (χ4v) is 3.80. The third-order valence-electron chi connectivity index (χ3n) is 4.21. The molecule has 0 saturated carbocycles. The molecule has 1 fully saturated rings. The van der Waals surface area contributed by atoms with Gasteiger partial charge in [-0.15, -0.1) is 0 Å². The van der Waals surface area contributed by atoms with Gasteiger partial charge in [-0.3, -0.25) is 14.2 Å². The minimum absolute atomic E-state index is 0.00237. The van der Waals surface area contributed by atoms with Crippen LogP contribution in [0.4, 0.5) is 0 Å². The molecule has 1 amide bonds. The smallest absolute Gasteiger partial charge is 0.258 e. The molecule has 8 heteroatoms. The molecule has 2 heterocycles. The maximum atomic E-state index is 12.4. The van der Waals surface area contributed by atoms with Crippen molar-refractivity contribution in [3.05, 3.63) is 40.7 Å². The molecule has 0 atom stereocenters. The zero-order valence-corrected chi connectivity index (χ0v) is 15.3. The molecule has 0 spiro atoms. The predicted molar refractivity (Wildman–Crippen MR) is 97.0 cm³/mol. The second kappa shape index (κ2) is 8.27. The number of methoxy groups -OCH3 is 1. The van der Waals surface area contributed by atoms with Gasteiger partial charge < -0.3 is 14.7 Å². The van der Waals surface area contributed by atoms with Crippen molar-refractivity contribution >= 4 is 17.7 Å². The molecule has 3 rings (SSSR count). The van der Waals surface area contributed by atoms with Gasteiger partial charge in [0.15, 0.2) is 5.16 Å². The Labute approximate surface area is 155 Å². The third-order valence-corrected chi connectivity index (χ3v) is 5.13. The summed E-state index contributed by atoms with van der Waals surface area (Å²) in [5, 5.41) is 11.9. The van der Waals surface area contributed by atoms with Gasteiger partial charge >= 0.3 is 0 Å². The molecule has 1 aromatic heterocycles. The molecule has 7 nitrogen and oxygen atoms in total. The van der Waals surface area contributed by atoms with Crippen LogP contribution in [0.5, 0.6) is 11.6 Å². The van der Waals surface area contributed by atoms with Crippen LogP contribution in [0, 0.1) is 0 Å². The van der Waals surface area contributed by atoms with E-state index in [1.165, 1.54) is 11.7 Å². The van der Waals surface area contributed by atoms with Crippen molar-refractivity contribution in [2.45, 2.75) is 24.4 Å². The minimum atomic E-state index is -0.609. The van der Waals surface area contributed by atoms with E-state index in [0.717, 1.165) is 50.2 Å². The molecule has 0 aliphatic carbocycles. The fourth-order valence-electron chi connectivity index (χ4n) is 2.89. The SMILES string of the molecule is COc1cccc(-n2c(SCC(=O)N3CCCCC3)nc([O-])cc2=O)c1. The van der Waals surface area contributed by atoms with Crippen LogP contribution in [0.2, 0.25) is 0 Å². The highest BCUT2D eigenvalue weighted by atomic mass is 32.2. The van der Waals surface area contributed by atoms with Crippen LogP contribution in [0.25, 0.3) is 5.69 Å². The second-order valence-corrected chi connectivity index (χ2v) is 6.92. The number of carbonyl (C=O) groups is 1. The van der Waals surface area contributed by atoms with Crippen LogP contribution in [0.1, 0.15) is 19.3 Å². The summed E-state index contributed by atoms with van der Waals surface area (Å²) in [5.41, 5.74) is 0.0564. The lowest BCUT2D eigenvalue weighted by molar-refractivity contribution is -0.276. The van der Waals surface area contributed by atoms with Gasteiger partial charge in [0.2, 0.25) is 5.91 Å². The Hall–Kier alpha value is -2.48. The predicted octanol–water partition coefficient (Wildman–Crippen LogP) is 1.42. The largest absolute Gasteiger partial charge is 0.858 e. The summed E-state index contributed by atoms with van der Waals surface area (Å²) in [6.45, 7) is 1.52. The number of carbonyl (C=O) groups excluding carboxylic acids is 1. The first-order valence-corrected chi connectivity index (χ1v) is 9.43. The number of benzene rings is 1. The zero-order valence-electron chi connectivity index (χ0n) is 14.5. The highest BCUT2D eigenvalue weighted by molar-refractivity contribution is 7.99. The van der Waals surface area contributed by atoms with Crippen LogP contribution in [-0.2, 0) is 4.79 Å². The zero-order chi connectivity index (χ0) is 18.5. The van der Waals surface area contributed by atoms with Crippen molar-refractivity contribution in [2.75, 3.05) is 26.0 Å². The molecule has 2 aromatic rings. The lowest BCUT2D eigenvalue weighted by Crippen LogP contribution is -2.36. The van der Waals surface area contributed by atoms with E-state index in [1.807, 2.05) is 4.90 Å². The average molecular weight is 374 g/mol. The van der Waals surface area contributed by atoms with E-state index in [4.69, 9.17) is 4.74 Å². The second-order valence-electron chi connectivity index (χ2n) is 5.98. The number of aromatic nitrogens is 2. The van der Waals surface area contributed by atoms with Crippen molar-refractivity contribution in [1.29, 1.82) is 0 Å². The topological polar surface area (TPSA) is 87.5 Å². The van der Waals surface area contributed by atoms with Crippen molar-refractivity contribution in [3.8, 4) is 17.3 Å². The maximum absolute atomic E-state index is 12.4. The van der Waals surface area contributed by atoms with Gasteiger partial charge in [0.05, 0.1) is 18.6 Å². The molecule has 26 heavy (non-hydrogen) atoms. The summed E-state index contributed by atoms with van der Waals surface area (Å²) >= 11 is 1.11. The Morgan fingerprint density at radius 2 is 2.04 bits per heavy atom. The third kappa shape index (κ3) is 4.19. The first-order chi connectivity index (χ1) is 12.6. The summed E-state index contributed by atoms with van der Waals surface area (Å²) in [7, 11) is 1.54. The number of nitrogens with zero attached hydrogens (tertiary/aromatic N) is 3. The minimum Gasteiger partial charge on any atom is -0.858 e.